The summed E-state index contributed by atoms with van der Waals surface area (Å²) in [6, 6.07) is 0. The molecule has 0 aromatic heterocycles. The predicted octanol–water partition coefficient (Wildman–Crippen LogP) is 3.48. The first kappa shape index (κ1) is 24.4. The Morgan fingerprint density at radius 3 is 2.62 bits per heavy atom. The molecule has 0 aromatic carbocycles. The number of hydrogen-bond donors (Lipinski definition) is 3. The van der Waals surface area contributed by atoms with Crippen molar-refractivity contribution in [3.63, 3.8) is 0 Å². The van der Waals surface area contributed by atoms with Gasteiger partial charge in [0.25, 0.3) is 0 Å². The fraction of sp³-hybridized carbons (Fsp3) is 0.786. The predicted molar refractivity (Wildman–Crippen MR) is 126 cm³/mol. The number of aliphatic hydroxyl groups is 3. The number of carbonyl (C=O) groups excluding carboxylic acids is 2. The molecule has 0 heterocycles. The van der Waals surface area contributed by atoms with E-state index in [9.17, 15) is 24.9 Å². The van der Waals surface area contributed by atoms with E-state index >= 15 is 0 Å². The van der Waals surface area contributed by atoms with E-state index in [4.69, 9.17) is 4.74 Å². The van der Waals surface area contributed by atoms with Crippen LogP contribution < -0.4 is 0 Å². The molecule has 0 spiro atoms. The highest BCUT2D eigenvalue weighted by atomic mass is 16.6. The molecular weight excluding hydrogens is 432 g/mol. The zero-order valence-corrected chi connectivity index (χ0v) is 20.5. The van der Waals surface area contributed by atoms with Gasteiger partial charge in [-0.15, -0.1) is 0 Å². The quantitative estimate of drug-likeness (QED) is 0.529. The van der Waals surface area contributed by atoms with Crippen LogP contribution in [0.2, 0.25) is 0 Å². The number of Topliss-reactive ketones (excluding diaryl/α,β-unsaturated/α-hetero) is 1. The van der Waals surface area contributed by atoms with Gasteiger partial charge in [-0.3, -0.25) is 9.59 Å². The Bertz CT molecular complexity index is 903. The lowest BCUT2D eigenvalue weighted by atomic mass is 9.46. The van der Waals surface area contributed by atoms with E-state index < -0.39 is 30.0 Å². The number of ketones is 2. The average Bonchev–Trinajstić information content (AvgIpc) is 3.11. The molecule has 0 radical (unpaired) electrons. The summed E-state index contributed by atoms with van der Waals surface area (Å²) in [5.74, 6) is -0.0642. The Labute approximate surface area is 202 Å². The van der Waals surface area contributed by atoms with E-state index in [1.54, 1.807) is 12.2 Å². The molecule has 6 heteroatoms. The fourth-order valence-electron chi connectivity index (χ4n) is 8.88. The summed E-state index contributed by atoms with van der Waals surface area (Å²) in [6.07, 6.45) is 12.0. The van der Waals surface area contributed by atoms with Crippen LogP contribution in [0, 0.1) is 34.5 Å². The van der Waals surface area contributed by atoms with Crippen molar-refractivity contribution in [3.8, 4) is 0 Å². The molecule has 34 heavy (non-hydrogen) atoms. The van der Waals surface area contributed by atoms with Crippen LogP contribution in [-0.4, -0.2) is 51.5 Å². The van der Waals surface area contributed by atoms with E-state index in [1.807, 2.05) is 13.0 Å². The van der Waals surface area contributed by atoms with Gasteiger partial charge in [0.2, 0.25) is 0 Å². The summed E-state index contributed by atoms with van der Waals surface area (Å²) >= 11 is 0. The summed E-state index contributed by atoms with van der Waals surface area (Å²) in [7, 11) is 0. The Morgan fingerprint density at radius 1 is 1.18 bits per heavy atom. The van der Waals surface area contributed by atoms with Crippen LogP contribution in [0.4, 0.5) is 0 Å². The van der Waals surface area contributed by atoms with Crippen molar-refractivity contribution >= 4 is 11.6 Å². The summed E-state index contributed by atoms with van der Waals surface area (Å²) < 4.78 is 6.40. The number of carbonyl (C=O) groups is 2. The molecule has 0 saturated heterocycles. The molecule has 0 amide bonds. The summed E-state index contributed by atoms with van der Waals surface area (Å²) in [4.78, 5) is 25.4. The molecule has 0 aromatic rings. The Kier molecular flexibility index (Phi) is 6.20. The second-order valence-electron chi connectivity index (χ2n) is 12.1. The maximum Gasteiger partial charge on any atom is 0.190 e. The second kappa shape index (κ2) is 8.65. The molecule has 4 saturated carbocycles. The highest BCUT2D eigenvalue weighted by Crippen LogP contribution is 2.68. The molecule has 0 unspecified atom stereocenters. The third-order valence-electron chi connectivity index (χ3n) is 10.6. The van der Waals surface area contributed by atoms with Crippen LogP contribution >= 0.6 is 0 Å². The molecule has 5 rings (SSSR count). The normalized spacial score (nSPS) is 45.2. The molecule has 5 aliphatic carbocycles. The number of allylic oxidation sites excluding steroid dienone is 4. The van der Waals surface area contributed by atoms with Crippen molar-refractivity contribution in [2.75, 3.05) is 6.61 Å². The number of hydrogen-bond acceptors (Lipinski definition) is 6. The summed E-state index contributed by atoms with van der Waals surface area (Å²) in [6.45, 7) is 3.55. The van der Waals surface area contributed by atoms with Gasteiger partial charge < -0.3 is 20.1 Å². The van der Waals surface area contributed by atoms with Crippen LogP contribution in [-0.2, 0) is 14.3 Å². The lowest BCUT2D eigenvalue weighted by Crippen LogP contribution is -2.63. The van der Waals surface area contributed by atoms with Crippen LogP contribution in [0.5, 0.6) is 0 Å². The number of ether oxygens (including phenoxy) is 1. The molecule has 4 fully saturated rings. The van der Waals surface area contributed by atoms with E-state index in [0.717, 1.165) is 56.9 Å². The SMILES string of the molecule is C[C@]12C=CC(=O)C=C1CC[C@@H]1[C@@H]2[C@@H](O)C[C@@]2(C)[C@H]1CC[C@]2(O[C@@H](O)C1CCCCC1)C(=O)CO. The van der Waals surface area contributed by atoms with Crippen molar-refractivity contribution < 1.29 is 29.6 Å². The topological polar surface area (TPSA) is 104 Å². The lowest BCUT2D eigenvalue weighted by Gasteiger charge is -2.60. The first-order valence-electron chi connectivity index (χ1n) is 13.3. The van der Waals surface area contributed by atoms with Crippen LogP contribution in [0.15, 0.2) is 23.8 Å². The van der Waals surface area contributed by atoms with Crippen molar-refractivity contribution in [2.45, 2.75) is 96.1 Å². The Morgan fingerprint density at radius 2 is 1.91 bits per heavy atom. The molecule has 0 bridgehead atoms. The average molecular weight is 473 g/mol. The Hall–Kier alpha value is -1.34. The van der Waals surface area contributed by atoms with Gasteiger partial charge in [-0.1, -0.05) is 44.8 Å². The third-order valence-corrected chi connectivity index (χ3v) is 10.6. The minimum Gasteiger partial charge on any atom is -0.393 e. The van der Waals surface area contributed by atoms with Crippen LogP contribution in [0.3, 0.4) is 0 Å². The molecule has 8 atom stereocenters. The van der Waals surface area contributed by atoms with Gasteiger partial charge in [-0.05, 0) is 68.9 Å². The lowest BCUT2D eigenvalue weighted by molar-refractivity contribution is -0.255. The molecule has 188 valence electrons. The fourth-order valence-corrected chi connectivity index (χ4v) is 8.88. The van der Waals surface area contributed by atoms with Gasteiger partial charge in [-0.25, -0.2) is 0 Å². The number of rotatable bonds is 5. The minimum atomic E-state index is -1.29. The van der Waals surface area contributed by atoms with Gasteiger partial charge >= 0.3 is 0 Å². The minimum absolute atomic E-state index is 0.00669. The number of fused-ring (bicyclic) bond motifs is 5. The van der Waals surface area contributed by atoms with Gasteiger partial charge in [-0.2, -0.15) is 0 Å². The maximum absolute atomic E-state index is 13.4. The third kappa shape index (κ3) is 3.43. The van der Waals surface area contributed by atoms with Crippen molar-refractivity contribution in [3.05, 3.63) is 23.8 Å². The van der Waals surface area contributed by atoms with Crippen LogP contribution in [0.25, 0.3) is 0 Å². The summed E-state index contributed by atoms with van der Waals surface area (Å²) in [5.41, 5.74) is -1.23. The van der Waals surface area contributed by atoms with E-state index in [0.29, 0.717) is 12.8 Å². The zero-order valence-electron chi connectivity index (χ0n) is 20.5. The van der Waals surface area contributed by atoms with Gasteiger partial charge in [0.15, 0.2) is 17.9 Å². The highest BCUT2D eigenvalue weighted by molar-refractivity contribution is 6.01. The van der Waals surface area contributed by atoms with Gasteiger partial charge in [0, 0.05) is 22.7 Å². The monoisotopic (exact) mass is 472 g/mol. The standard InChI is InChI=1S/C28H40O6/c1-26-12-10-19(30)14-18(26)8-9-20-21-11-13-28(23(32)16-29,27(21,2)15-22(31)24(20)26)34-25(33)17-6-4-3-5-7-17/h10,12,14,17,20-22,24-25,29,31,33H,3-9,11,13,15-16H2,1-2H3/t20-,21-,22-,24+,25+,26-,27-,28-/m0/s1. The number of aliphatic hydroxyl groups excluding tert-OH is 3. The Balaban J connectivity index is 1.49. The van der Waals surface area contributed by atoms with Gasteiger partial charge in [0.05, 0.1) is 6.10 Å². The smallest absolute Gasteiger partial charge is 0.190 e. The molecule has 0 aliphatic heterocycles. The van der Waals surface area contributed by atoms with Crippen molar-refractivity contribution in [1.29, 1.82) is 0 Å². The van der Waals surface area contributed by atoms with E-state index in [2.05, 4.69) is 6.92 Å². The zero-order chi connectivity index (χ0) is 24.3. The molecule has 5 aliphatic rings. The maximum atomic E-state index is 13.4. The molecule has 3 N–H and O–H groups in total. The van der Waals surface area contributed by atoms with Crippen molar-refractivity contribution in [2.24, 2.45) is 34.5 Å². The highest BCUT2D eigenvalue weighted by Gasteiger charge is 2.69. The summed E-state index contributed by atoms with van der Waals surface area (Å²) in [5, 5.41) is 32.7. The first-order chi connectivity index (χ1) is 16.2. The molecular formula is C28H40O6. The second-order valence-corrected chi connectivity index (χ2v) is 12.1. The molecule has 6 nitrogen and oxygen atoms in total. The first-order valence-corrected chi connectivity index (χ1v) is 13.3. The van der Waals surface area contributed by atoms with Gasteiger partial charge in [0.1, 0.15) is 12.2 Å². The van der Waals surface area contributed by atoms with E-state index in [1.165, 1.54) is 0 Å². The van der Waals surface area contributed by atoms with E-state index in [-0.39, 0.29) is 40.7 Å². The van der Waals surface area contributed by atoms with Crippen molar-refractivity contribution in [1.82, 2.24) is 0 Å². The van der Waals surface area contributed by atoms with Crippen LogP contribution in [0.1, 0.15) is 78.1 Å². The largest absolute Gasteiger partial charge is 0.393 e.